The van der Waals surface area contributed by atoms with Gasteiger partial charge in [0, 0.05) is 4.90 Å². The molecule has 0 saturated carbocycles. The van der Waals surface area contributed by atoms with Crippen molar-refractivity contribution in [3.05, 3.63) is 90.0 Å². The number of unbranched alkanes of at least 4 members (excludes halogenated alkanes) is 5. The summed E-state index contributed by atoms with van der Waals surface area (Å²) in [7, 11) is 0. The number of benzene rings is 3. The summed E-state index contributed by atoms with van der Waals surface area (Å²) in [5, 5.41) is 0. The molecule has 3 rings (SSSR count). The Hall–Kier alpha value is -3.05. The van der Waals surface area contributed by atoms with Crippen LogP contribution in [0, 0.1) is 0 Å². The van der Waals surface area contributed by atoms with Crippen molar-refractivity contribution in [1.82, 2.24) is 0 Å². The van der Waals surface area contributed by atoms with E-state index in [-0.39, 0.29) is 6.61 Å². The van der Waals surface area contributed by atoms with E-state index in [0.29, 0.717) is 5.56 Å². The van der Waals surface area contributed by atoms with Gasteiger partial charge in [0.05, 0.1) is 5.56 Å². The summed E-state index contributed by atoms with van der Waals surface area (Å²) in [5.41, 5.74) is 3.39. The van der Waals surface area contributed by atoms with E-state index in [0.717, 1.165) is 22.4 Å². The van der Waals surface area contributed by atoms with E-state index in [1.54, 1.807) is 12.1 Å². The Morgan fingerprint density at radius 2 is 1.39 bits per heavy atom. The molecule has 0 radical (unpaired) electrons. The fourth-order valence-electron chi connectivity index (χ4n) is 3.74. The first-order valence-corrected chi connectivity index (χ1v) is 13.8. The molecule has 0 N–H and O–H groups in total. The molecule has 0 aliphatic rings. The van der Waals surface area contributed by atoms with Gasteiger partial charge in [-0.25, -0.2) is 9.59 Å². The Morgan fingerprint density at radius 1 is 0.778 bits per heavy atom. The van der Waals surface area contributed by atoms with E-state index in [4.69, 9.17) is 9.47 Å². The second kappa shape index (κ2) is 15.1. The largest absolute Gasteiger partial charge is 0.458 e. The van der Waals surface area contributed by atoms with Crippen LogP contribution in [0.5, 0.6) is 0 Å². The highest BCUT2D eigenvalue weighted by atomic mass is 32.2. The Balaban J connectivity index is 1.43. The summed E-state index contributed by atoms with van der Waals surface area (Å²) in [4.78, 5) is 26.0. The van der Waals surface area contributed by atoms with Crippen LogP contribution in [0.15, 0.2) is 83.8 Å². The summed E-state index contributed by atoms with van der Waals surface area (Å²) >= 11 is 1.91. The third-order valence-corrected chi connectivity index (χ3v) is 7.01. The predicted octanol–water partition coefficient (Wildman–Crippen LogP) is 8.09. The number of carbonyl (C=O) groups is 2. The second-order valence-electron chi connectivity index (χ2n) is 8.86. The number of hydrogen-bond acceptors (Lipinski definition) is 5. The van der Waals surface area contributed by atoms with Gasteiger partial charge in [-0.1, -0.05) is 93.6 Å². The molecule has 3 aromatic carbocycles. The van der Waals surface area contributed by atoms with E-state index in [9.17, 15) is 9.59 Å². The third-order valence-electron chi connectivity index (χ3n) is 5.91. The first kappa shape index (κ1) is 27.5. The van der Waals surface area contributed by atoms with Crippen molar-refractivity contribution in [2.24, 2.45) is 0 Å². The SMILES string of the molecule is CCCCCCCCSc1ccc(-c2ccc(C(=O)O[C@@H](C)C(=O)OCc3ccccc3)cc2)cc1. The highest BCUT2D eigenvalue weighted by molar-refractivity contribution is 7.99. The Bertz CT molecular complexity index is 1060. The summed E-state index contributed by atoms with van der Waals surface area (Å²) in [5.74, 6) is 0.0333. The van der Waals surface area contributed by atoms with Crippen LogP contribution in [-0.2, 0) is 20.9 Å². The third kappa shape index (κ3) is 9.19. The minimum absolute atomic E-state index is 0.145. The van der Waals surface area contributed by atoms with Gasteiger partial charge in [0.2, 0.25) is 0 Å². The number of thioether (sulfide) groups is 1. The van der Waals surface area contributed by atoms with E-state index in [1.807, 2.05) is 54.2 Å². The average Bonchev–Trinajstić information content (AvgIpc) is 2.92. The molecule has 0 saturated heterocycles. The Labute approximate surface area is 219 Å². The normalized spacial score (nSPS) is 11.6. The minimum atomic E-state index is -0.984. The first-order chi connectivity index (χ1) is 17.6. The fourth-order valence-corrected chi connectivity index (χ4v) is 4.65. The van der Waals surface area contributed by atoms with Crippen LogP contribution in [0.2, 0.25) is 0 Å². The smallest absolute Gasteiger partial charge is 0.347 e. The summed E-state index contributed by atoms with van der Waals surface area (Å²) in [6.07, 6.45) is 6.92. The van der Waals surface area contributed by atoms with E-state index in [2.05, 4.69) is 31.2 Å². The first-order valence-electron chi connectivity index (χ1n) is 12.8. The molecule has 3 aromatic rings. The van der Waals surface area contributed by atoms with Crippen molar-refractivity contribution in [3.8, 4) is 11.1 Å². The molecule has 1 atom stereocenters. The Kier molecular flexibility index (Phi) is 11.6. The number of carbonyl (C=O) groups excluding carboxylic acids is 2. The van der Waals surface area contributed by atoms with E-state index in [1.165, 1.54) is 50.3 Å². The lowest BCUT2D eigenvalue weighted by molar-refractivity contribution is -0.154. The lowest BCUT2D eigenvalue weighted by Gasteiger charge is -2.13. The number of hydrogen-bond donors (Lipinski definition) is 0. The zero-order chi connectivity index (χ0) is 25.6. The van der Waals surface area contributed by atoms with Gasteiger partial charge in [-0.3, -0.25) is 0 Å². The second-order valence-corrected chi connectivity index (χ2v) is 10.0. The molecule has 36 heavy (non-hydrogen) atoms. The van der Waals surface area contributed by atoms with Gasteiger partial charge in [0.25, 0.3) is 0 Å². The lowest BCUT2D eigenvalue weighted by atomic mass is 10.0. The lowest BCUT2D eigenvalue weighted by Crippen LogP contribution is -2.26. The molecule has 0 aliphatic carbocycles. The predicted molar refractivity (Wildman–Crippen MR) is 147 cm³/mol. The quantitative estimate of drug-likeness (QED) is 0.126. The van der Waals surface area contributed by atoms with Crippen LogP contribution in [0.1, 0.15) is 68.3 Å². The molecular weight excluding hydrogens is 468 g/mol. The fraction of sp³-hybridized carbons (Fsp3) is 0.355. The van der Waals surface area contributed by atoms with Crippen LogP contribution < -0.4 is 0 Å². The van der Waals surface area contributed by atoms with Crippen LogP contribution in [-0.4, -0.2) is 23.8 Å². The highest BCUT2D eigenvalue weighted by Crippen LogP contribution is 2.25. The van der Waals surface area contributed by atoms with Crippen molar-refractivity contribution in [1.29, 1.82) is 0 Å². The maximum Gasteiger partial charge on any atom is 0.347 e. The molecule has 0 aromatic heterocycles. The molecule has 5 heteroatoms. The van der Waals surface area contributed by atoms with Gasteiger partial charge in [-0.2, -0.15) is 0 Å². The molecule has 0 spiro atoms. The topological polar surface area (TPSA) is 52.6 Å². The molecular formula is C31H36O4S. The highest BCUT2D eigenvalue weighted by Gasteiger charge is 2.20. The molecule has 190 valence electrons. The number of rotatable bonds is 14. The standard InChI is InChI=1S/C31H36O4S/c1-3-4-5-6-7-11-22-36-29-20-18-27(19-21-29)26-14-16-28(17-15-26)31(33)35-24(2)30(32)34-23-25-12-9-8-10-13-25/h8-10,12-21,24H,3-7,11,22-23H2,1-2H3/t24-/m0/s1. The monoisotopic (exact) mass is 504 g/mol. The van der Waals surface area contributed by atoms with Gasteiger partial charge in [0.1, 0.15) is 6.61 Å². The van der Waals surface area contributed by atoms with Gasteiger partial charge in [-0.15, -0.1) is 11.8 Å². The van der Waals surface area contributed by atoms with Crippen molar-refractivity contribution in [2.75, 3.05) is 5.75 Å². The van der Waals surface area contributed by atoms with E-state index >= 15 is 0 Å². The van der Waals surface area contributed by atoms with Gasteiger partial charge < -0.3 is 9.47 Å². The van der Waals surface area contributed by atoms with E-state index < -0.39 is 18.0 Å². The van der Waals surface area contributed by atoms with Crippen molar-refractivity contribution in [2.45, 2.75) is 70.0 Å². The number of ether oxygens (including phenoxy) is 2. The molecule has 0 fully saturated rings. The zero-order valence-electron chi connectivity index (χ0n) is 21.3. The minimum Gasteiger partial charge on any atom is -0.458 e. The van der Waals surface area contributed by atoms with Crippen molar-refractivity contribution >= 4 is 23.7 Å². The molecule has 0 heterocycles. The summed E-state index contributed by atoms with van der Waals surface area (Å²) in [6.45, 7) is 3.91. The molecule has 0 amide bonds. The van der Waals surface area contributed by atoms with Crippen LogP contribution in [0.4, 0.5) is 0 Å². The van der Waals surface area contributed by atoms with Gasteiger partial charge in [-0.05, 0) is 60.1 Å². The number of esters is 2. The van der Waals surface area contributed by atoms with Crippen LogP contribution >= 0.6 is 11.8 Å². The van der Waals surface area contributed by atoms with Gasteiger partial charge >= 0.3 is 11.9 Å². The average molecular weight is 505 g/mol. The Morgan fingerprint density at radius 3 is 2.06 bits per heavy atom. The maximum atomic E-state index is 12.5. The molecule has 0 unspecified atom stereocenters. The maximum absolute atomic E-state index is 12.5. The summed E-state index contributed by atoms with van der Waals surface area (Å²) < 4.78 is 10.6. The zero-order valence-corrected chi connectivity index (χ0v) is 22.1. The van der Waals surface area contributed by atoms with Crippen LogP contribution in [0.25, 0.3) is 11.1 Å². The molecule has 0 bridgehead atoms. The van der Waals surface area contributed by atoms with Crippen molar-refractivity contribution in [3.63, 3.8) is 0 Å². The molecule has 4 nitrogen and oxygen atoms in total. The van der Waals surface area contributed by atoms with Gasteiger partial charge in [0.15, 0.2) is 6.10 Å². The molecule has 0 aliphatic heterocycles. The van der Waals surface area contributed by atoms with Crippen LogP contribution in [0.3, 0.4) is 0 Å². The summed E-state index contributed by atoms with van der Waals surface area (Å²) in [6, 6.07) is 25.2. The van der Waals surface area contributed by atoms with Crippen molar-refractivity contribution < 1.29 is 19.1 Å².